The maximum Gasteiger partial charge on any atom is 0.255 e. The number of rotatable bonds is 4. The van der Waals surface area contributed by atoms with Crippen molar-refractivity contribution >= 4 is 17.3 Å². The molecular formula is C20H23N3O4. The predicted molar refractivity (Wildman–Crippen MR) is 100 cm³/mol. The summed E-state index contributed by atoms with van der Waals surface area (Å²) in [6, 6.07) is 9.41. The number of amides is 1. The molecule has 7 nitrogen and oxygen atoms in total. The quantitative estimate of drug-likeness (QED) is 0.893. The topological polar surface area (TPSA) is 72.9 Å². The number of anilines is 2. The molecule has 2 aliphatic heterocycles. The van der Waals surface area contributed by atoms with Crippen molar-refractivity contribution in [1.29, 1.82) is 0 Å². The fourth-order valence-corrected chi connectivity index (χ4v) is 3.49. The Kier molecular flexibility index (Phi) is 4.96. The number of benzene rings is 1. The van der Waals surface area contributed by atoms with E-state index in [1.54, 1.807) is 19.5 Å². The van der Waals surface area contributed by atoms with Gasteiger partial charge in [0.25, 0.3) is 5.91 Å². The highest BCUT2D eigenvalue weighted by Gasteiger charge is 2.40. The van der Waals surface area contributed by atoms with Gasteiger partial charge in [-0.05, 0) is 30.3 Å². The minimum absolute atomic E-state index is 0.0197. The lowest BCUT2D eigenvalue weighted by molar-refractivity contribution is -0.181. The number of aromatic nitrogens is 1. The molecule has 2 saturated heterocycles. The van der Waals surface area contributed by atoms with Crippen molar-refractivity contribution in [3.05, 3.63) is 48.3 Å². The third kappa shape index (κ3) is 3.89. The van der Waals surface area contributed by atoms with Gasteiger partial charge in [-0.3, -0.25) is 9.78 Å². The summed E-state index contributed by atoms with van der Waals surface area (Å²) in [4.78, 5) is 18.9. The number of hydrogen-bond donors (Lipinski definition) is 1. The Morgan fingerprint density at radius 3 is 2.48 bits per heavy atom. The third-order valence-corrected chi connectivity index (χ3v) is 4.99. The van der Waals surface area contributed by atoms with Crippen LogP contribution in [-0.4, -0.2) is 55.0 Å². The Labute approximate surface area is 158 Å². The van der Waals surface area contributed by atoms with Crippen molar-refractivity contribution in [2.24, 2.45) is 0 Å². The van der Waals surface area contributed by atoms with Gasteiger partial charge in [0.2, 0.25) is 0 Å². The van der Waals surface area contributed by atoms with Crippen LogP contribution >= 0.6 is 0 Å². The molecule has 0 radical (unpaired) electrons. The number of carbonyl (C=O) groups excluding carboxylic acids is 1. The van der Waals surface area contributed by atoms with Gasteiger partial charge in [-0.2, -0.15) is 0 Å². The maximum atomic E-state index is 12.9. The summed E-state index contributed by atoms with van der Waals surface area (Å²) in [7, 11) is 1.63. The molecule has 7 heteroatoms. The van der Waals surface area contributed by atoms with Crippen LogP contribution in [0.15, 0.2) is 42.7 Å². The SMILES string of the molecule is COc1ccc(Nc2cncc(C(=O)N3CCC4(CC3)OCCO4)c2)cc1. The van der Waals surface area contributed by atoms with Gasteiger partial charge in [0.1, 0.15) is 5.75 Å². The van der Waals surface area contributed by atoms with Gasteiger partial charge in [-0.1, -0.05) is 0 Å². The fourth-order valence-electron chi connectivity index (χ4n) is 3.49. The normalized spacial score (nSPS) is 18.5. The van der Waals surface area contributed by atoms with E-state index >= 15 is 0 Å². The van der Waals surface area contributed by atoms with Crippen LogP contribution in [0.5, 0.6) is 5.75 Å². The number of likely N-dealkylation sites (tertiary alicyclic amines) is 1. The fraction of sp³-hybridized carbons (Fsp3) is 0.400. The van der Waals surface area contributed by atoms with Gasteiger partial charge in [-0.25, -0.2) is 0 Å². The first-order valence-corrected chi connectivity index (χ1v) is 9.11. The summed E-state index contributed by atoms with van der Waals surface area (Å²) in [5, 5.41) is 3.26. The maximum absolute atomic E-state index is 12.9. The summed E-state index contributed by atoms with van der Waals surface area (Å²) in [6.45, 7) is 2.51. The average Bonchev–Trinajstić information content (AvgIpc) is 3.17. The molecule has 142 valence electrons. The number of ether oxygens (including phenoxy) is 3. The van der Waals surface area contributed by atoms with Gasteiger partial charge in [0.05, 0.1) is 37.8 Å². The first kappa shape index (κ1) is 17.8. The van der Waals surface area contributed by atoms with Crippen LogP contribution in [0, 0.1) is 0 Å². The average molecular weight is 369 g/mol. The van der Waals surface area contributed by atoms with Crippen molar-refractivity contribution in [1.82, 2.24) is 9.88 Å². The lowest BCUT2D eigenvalue weighted by Crippen LogP contribution is -2.47. The minimum atomic E-state index is -0.479. The monoisotopic (exact) mass is 369 g/mol. The first-order valence-electron chi connectivity index (χ1n) is 9.11. The van der Waals surface area contributed by atoms with E-state index < -0.39 is 5.79 Å². The zero-order valence-corrected chi connectivity index (χ0v) is 15.3. The van der Waals surface area contributed by atoms with E-state index in [-0.39, 0.29) is 5.91 Å². The van der Waals surface area contributed by atoms with Crippen LogP contribution in [-0.2, 0) is 9.47 Å². The lowest BCUT2D eigenvalue weighted by Gasteiger charge is -2.37. The van der Waals surface area contributed by atoms with Crippen LogP contribution < -0.4 is 10.1 Å². The van der Waals surface area contributed by atoms with E-state index in [1.165, 1.54) is 0 Å². The Bertz CT molecular complexity index is 793. The number of hydrogen-bond acceptors (Lipinski definition) is 6. The molecule has 3 heterocycles. The molecule has 1 amide bonds. The number of nitrogens with one attached hydrogen (secondary N) is 1. The number of carbonyl (C=O) groups is 1. The number of pyridine rings is 1. The molecule has 2 fully saturated rings. The molecule has 4 rings (SSSR count). The highest BCUT2D eigenvalue weighted by Crippen LogP contribution is 2.32. The van der Waals surface area contributed by atoms with E-state index in [1.807, 2.05) is 35.2 Å². The lowest BCUT2D eigenvalue weighted by atomic mass is 10.0. The molecule has 27 heavy (non-hydrogen) atoms. The number of piperidine rings is 1. The van der Waals surface area contributed by atoms with Crippen molar-refractivity contribution in [2.45, 2.75) is 18.6 Å². The van der Waals surface area contributed by atoms with Crippen molar-refractivity contribution < 1.29 is 19.0 Å². The Hall–Kier alpha value is -2.64. The van der Waals surface area contributed by atoms with E-state index in [0.29, 0.717) is 44.7 Å². The Balaban J connectivity index is 1.41. The smallest absolute Gasteiger partial charge is 0.255 e. The first-order chi connectivity index (χ1) is 13.2. The third-order valence-electron chi connectivity index (χ3n) is 4.99. The van der Waals surface area contributed by atoms with Gasteiger partial charge in [0, 0.05) is 37.8 Å². The minimum Gasteiger partial charge on any atom is -0.497 e. The Morgan fingerprint density at radius 2 is 1.81 bits per heavy atom. The highest BCUT2D eigenvalue weighted by molar-refractivity contribution is 5.95. The summed E-state index contributed by atoms with van der Waals surface area (Å²) >= 11 is 0. The van der Waals surface area contributed by atoms with Crippen molar-refractivity contribution in [3.8, 4) is 5.75 Å². The molecule has 1 N–H and O–H groups in total. The van der Waals surface area contributed by atoms with Crippen LogP contribution in [0.25, 0.3) is 0 Å². The molecule has 0 bridgehead atoms. The second-order valence-corrected chi connectivity index (χ2v) is 6.72. The zero-order chi connectivity index (χ0) is 18.7. The predicted octanol–water partition coefficient (Wildman–Crippen LogP) is 2.81. The summed E-state index contributed by atoms with van der Waals surface area (Å²) in [5.41, 5.74) is 2.23. The molecule has 1 aromatic heterocycles. The molecule has 1 aromatic carbocycles. The van der Waals surface area contributed by atoms with E-state index in [0.717, 1.165) is 17.1 Å². The van der Waals surface area contributed by atoms with Gasteiger partial charge >= 0.3 is 0 Å². The van der Waals surface area contributed by atoms with Crippen LogP contribution in [0.4, 0.5) is 11.4 Å². The molecule has 0 aliphatic carbocycles. The van der Waals surface area contributed by atoms with Crippen molar-refractivity contribution in [2.75, 3.05) is 38.7 Å². The van der Waals surface area contributed by atoms with Crippen molar-refractivity contribution in [3.63, 3.8) is 0 Å². The number of methoxy groups -OCH3 is 1. The van der Waals surface area contributed by atoms with Crippen LogP contribution in [0.3, 0.4) is 0 Å². The van der Waals surface area contributed by atoms with E-state index in [4.69, 9.17) is 14.2 Å². The molecule has 0 atom stereocenters. The second kappa shape index (κ2) is 7.54. The highest BCUT2D eigenvalue weighted by atomic mass is 16.7. The zero-order valence-electron chi connectivity index (χ0n) is 15.3. The molecule has 0 unspecified atom stereocenters. The van der Waals surface area contributed by atoms with Crippen LogP contribution in [0.2, 0.25) is 0 Å². The van der Waals surface area contributed by atoms with E-state index in [9.17, 15) is 4.79 Å². The molecular weight excluding hydrogens is 346 g/mol. The Morgan fingerprint density at radius 1 is 1.11 bits per heavy atom. The van der Waals surface area contributed by atoms with Gasteiger partial charge in [-0.15, -0.1) is 0 Å². The number of nitrogens with zero attached hydrogens (tertiary/aromatic N) is 2. The molecule has 0 saturated carbocycles. The summed E-state index contributed by atoms with van der Waals surface area (Å²) in [5.74, 6) is 0.293. The summed E-state index contributed by atoms with van der Waals surface area (Å²) < 4.78 is 16.6. The van der Waals surface area contributed by atoms with Gasteiger partial charge < -0.3 is 24.4 Å². The second-order valence-electron chi connectivity index (χ2n) is 6.72. The van der Waals surface area contributed by atoms with Gasteiger partial charge in [0.15, 0.2) is 5.79 Å². The van der Waals surface area contributed by atoms with E-state index in [2.05, 4.69) is 10.3 Å². The molecule has 2 aliphatic rings. The molecule has 1 spiro atoms. The summed E-state index contributed by atoms with van der Waals surface area (Å²) in [6.07, 6.45) is 4.72. The standard InChI is InChI=1S/C20H23N3O4/c1-25-18-4-2-16(3-5-18)22-17-12-15(13-21-14-17)19(24)23-8-6-20(7-9-23)26-10-11-27-20/h2-5,12-14,22H,6-11H2,1H3. The molecule has 2 aromatic rings. The largest absolute Gasteiger partial charge is 0.497 e. The van der Waals surface area contributed by atoms with Crippen LogP contribution in [0.1, 0.15) is 23.2 Å².